The molecule has 1 heterocycles. The maximum absolute atomic E-state index is 13.0. The van der Waals surface area contributed by atoms with Crippen LogP contribution in [0.2, 0.25) is 0 Å². The largest absolute Gasteiger partial charge is 0.338 e. The van der Waals surface area contributed by atoms with E-state index in [0.29, 0.717) is 13.0 Å². The Morgan fingerprint density at radius 2 is 1.96 bits per heavy atom. The standard InChI is InChI=1S/C21H25N3OS2/c1-16-9-10-18-19(15-16)27-21(22-18)24(13-12-23(2)3)20(25)11-14-26-17-7-5-4-6-8-17/h4-10,15H,11-14H2,1-3H3/p+1. The second kappa shape index (κ2) is 9.35. The summed E-state index contributed by atoms with van der Waals surface area (Å²) in [7, 11) is 4.21. The maximum Gasteiger partial charge on any atom is 0.229 e. The number of nitrogens with zero attached hydrogens (tertiary/aromatic N) is 2. The monoisotopic (exact) mass is 400 g/mol. The van der Waals surface area contributed by atoms with Crippen molar-refractivity contribution >= 4 is 44.4 Å². The van der Waals surface area contributed by atoms with Gasteiger partial charge in [0.05, 0.1) is 37.4 Å². The lowest BCUT2D eigenvalue weighted by Gasteiger charge is -2.20. The maximum atomic E-state index is 13.0. The highest BCUT2D eigenvalue weighted by atomic mass is 32.2. The van der Waals surface area contributed by atoms with Crippen molar-refractivity contribution in [1.29, 1.82) is 0 Å². The Balaban J connectivity index is 1.71. The zero-order valence-corrected chi connectivity index (χ0v) is 17.7. The third-order valence-electron chi connectivity index (χ3n) is 4.23. The van der Waals surface area contributed by atoms with Crippen LogP contribution in [0.4, 0.5) is 5.13 Å². The molecule has 0 radical (unpaired) electrons. The number of hydrogen-bond donors (Lipinski definition) is 1. The minimum absolute atomic E-state index is 0.149. The summed E-state index contributed by atoms with van der Waals surface area (Å²) in [5.41, 5.74) is 2.18. The smallest absolute Gasteiger partial charge is 0.229 e. The first-order valence-corrected chi connectivity index (χ1v) is 11.0. The molecule has 0 bridgehead atoms. The summed E-state index contributed by atoms with van der Waals surface area (Å²) in [6.07, 6.45) is 0.511. The van der Waals surface area contributed by atoms with Crippen LogP contribution in [0.3, 0.4) is 0 Å². The highest BCUT2D eigenvalue weighted by molar-refractivity contribution is 7.99. The molecule has 2 aromatic carbocycles. The van der Waals surface area contributed by atoms with Gasteiger partial charge in [0.25, 0.3) is 0 Å². The first-order valence-electron chi connectivity index (χ1n) is 9.17. The van der Waals surface area contributed by atoms with Gasteiger partial charge in [0, 0.05) is 17.1 Å². The second-order valence-electron chi connectivity index (χ2n) is 6.88. The van der Waals surface area contributed by atoms with Crippen LogP contribution in [0.5, 0.6) is 0 Å². The fourth-order valence-corrected chi connectivity index (χ4v) is 4.67. The first kappa shape index (κ1) is 19.9. The predicted molar refractivity (Wildman–Crippen MR) is 116 cm³/mol. The summed E-state index contributed by atoms with van der Waals surface area (Å²) in [5, 5.41) is 0.812. The van der Waals surface area contributed by atoms with Gasteiger partial charge in [-0.05, 0) is 36.8 Å². The number of carbonyl (C=O) groups is 1. The van der Waals surface area contributed by atoms with Gasteiger partial charge in [0.15, 0.2) is 5.13 Å². The SMILES string of the molecule is Cc1ccc2nc(N(CC[NH+](C)C)C(=O)CCSc3ccccc3)sc2c1. The van der Waals surface area contributed by atoms with E-state index in [9.17, 15) is 4.79 Å². The number of thiazole rings is 1. The fourth-order valence-electron chi connectivity index (χ4n) is 2.71. The Kier molecular flexibility index (Phi) is 6.88. The Hall–Kier alpha value is -1.89. The molecule has 142 valence electrons. The van der Waals surface area contributed by atoms with Gasteiger partial charge in [0.2, 0.25) is 5.91 Å². The quantitative estimate of drug-likeness (QED) is 0.590. The van der Waals surface area contributed by atoms with Crippen molar-refractivity contribution in [2.75, 3.05) is 37.8 Å². The van der Waals surface area contributed by atoms with Gasteiger partial charge < -0.3 is 4.90 Å². The van der Waals surface area contributed by atoms with Crippen molar-refractivity contribution in [3.63, 3.8) is 0 Å². The molecule has 4 nitrogen and oxygen atoms in total. The molecule has 3 rings (SSSR count). The van der Waals surface area contributed by atoms with E-state index in [-0.39, 0.29) is 5.91 Å². The minimum atomic E-state index is 0.149. The number of thioether (sulfide) groups is 1. The average Bonchev–Trinajstić information content (AvgIpc) is 3.05. The summed E-state index contributed by atoms with van der Waals surface area (Å²) in [4.78, 5) is 22.1. The third kappa shape index (κ3) is 5.54. The number of carbonyl (C=O) groups excluding carboxylic acids is 1. The molecule has 0 aliphatic carbocycles. The summed E-state index contributed by atoms with van der Waals surface area (Å²) < 4.78 is 1.14. The van der Waals surface area contributed by atoms with E-state index in [2.05, 4.69) is 45.3 Å². The number of fused-ring (bicyclic) bond motifs is 1. The highest BCUT2D eigenvalue weighted by Crippen LogP contribution is 2.30. The Morgan fingerprint density at radius 1 is 1.19 bits per heavy atom. The molecule has 6 heteroatoms. The Labute approximate surface area is 169 Å². The van der Waals surface area contributed by atoms with Crippen LogP contribution in [0.1, 0.15) is 12.0 Å². The molecule has 0 aliphatic rings. The molecule has 0 saturated heterocycles. The summed E-state index contributed by atoms with van der Waals surface area (Å²) in [6.45, 7) is 3.67. The normalized spacial score (nSPS) is 11.3. The lowest BCUT2D eigenvalue weighted by Crippen LogP contribution is -3.06. The number of quaternary nitrogens is 1. The van der Waals surface area contributed by atoms with E-state index in [0.717, 1.165) is 27.6 Å². The van der Waals surface area contributed by atoms with E-state index >= 15 is 0 Å². The molecule has 1 aromatic heterocycles. The lowest BCUT2D eigenvalue weighted by atomic mass is 10.2. The number of rotatable bonds is 8. The number of aryl methyl sites for hydroxylation is 1. The molecule has 3 aromatic rings. The highest BCUT2D eigenvalue weighted by Gasteiger charge is 2.20. The number of aromatic nitrogens is 1. The first-order chi connectivity index (χ1) is 13.0. The number of nitrogens with one attached hydrogen (secondary N) is 1. The van der Waals surface area contributed by atoms with Gasteiger partial charge >= 0.3 is 0 Å². The molecule has 27 heavy (non-hydrogen) atoms. The Bertz CT molecular complexity index is 893. The van der Waals surface area contributed by atoms with Crippen molar-refractivity contribution in [1.82, 2.24) is 4.98 Å². The van der Waals surface area contributed by atoms with Gasteiger partial charge in [-0.1, -0.05) is 35.6 Å². The summed E-state index contributed by atoms with van der Waals surface area (Å²) in [5.74, 6) is 0.925. The topological polar surface area (TPSA) is 37.6 Å². The third-order valence-corrected chi connectivity index (χ3v) is 6.28. The minimum Gasteiger partial charge on any atom is -0.338 e. The van der Waals surface area contributed by atoms with Crippen molar-refractivity contribution in [2.45, 2.75) is 18.2 Å². The number of likely N-dealkylation sites (N-methyl/N-ethyl adjacent to an activating group) is 1. The molecule has 0 atom stereocenters. The molecular formula is C21H26N3OS2+. The molecule has 0 fully saturated rings. The van der Waals surface area contributed by atoms with Crippen molar-refractivity contribution < 1.29 is 9.69 Å². The van der Waals surface area contributed by atoms with Crippen LogP contribution >= 0.6 is 23.1 Å². The van der Waals surface area contributed by atoms with Gasteiger partial charge in [-0.25, -0.2) is 4.98 Å². The van der Waals surface area contributed by atoms with Gasteiger partial charge in [0.1, 0.15) is 0 Å². The van der Waals surface area contributed by atoms with E-state index in [4.69, 9.17) is 4.98 Å². The second-order valence-corrected chi connectivity index (χ2v) is 9.06. The van der Waals surface area contributed by atoms with Crippen LogP contribution in [0, 0.1) is 6.92 Å². The van der Waals surface area contributed by atoms with E-state index in [1.807, 2.05) is 29.2 Å². The summed E-state index contributed by atoms with van der Waals surface area (Å²) in [6, 6.07) is 16.5. The van der Waals surface area contributed by atoms with Crippen LogP contribution in [-0.2, 0) is 4.79 Å². The van der Waals surface area contributed by atoms with Crippen LogP contribution in [0.25, 0.3) is 10.2 Å². The fraction of sp³-hybridized carbons (Fsp3) is 0.333. The van der Waals surface area contributed by atoms with Crippen LogP contribution in [-0.4, -0.2) is 43.8 Å². The van der Waals surface area contributed by atoms with E-state index < -0.39 is 0 Å². The zero-order chi connectivity index (χ0) is 19.2. The Morgan fingerprint density at radius 3 is 2.70 bits per heavy atom. The summed E-state index contributed by atoms with van der Waals surface area (Å²) >= 11 is 3.33. The van der Waals surface area contributed by atoms with Gasteiger partial charge in [-0.2, -0.15) is 0 Å². The van der Waals surface area contributed by atoms with E-state index in [1.54, 1.807) is 23.1 Å². The van der Waals surface area contributed by atoms with Gasteiger partial charge in [-0.3, -0.25) is 9.69 Å². The van der Waals surface area contributed by atoms with Crippen LogP contribution in [0.15, 0.2) is 53.4 Å². The van der Waals surface area contributed by atoms with Crippen LogP contribution < -0.4 is 9.80 Å². The predicted octanol–water partition coefficient (Wildman–Crippen LogP) is 3.26. The molecule has 0 spiro atoms. The molecule has 0 unspecified atom stereocenters. The molecule has 0 saturated carbocycles. The zero-order valence-electron chi connectivity index (χ0n) is 16.1. The van der Waals surface area contributed by atoms with Crippen molar-refractivity contribution in [3.05, 3.63) is 54.1 Å². The van der Waals surface area contributed by atoms with Crippen molar-refractivity contribution in [3.8, 4) is 0 Å². The number of hydrogen-bond acceptors (Lipinski definition) is 4. The van der Waals surface area contributed by atoms with E-state index in [1.165, 1.54) is 15.4 Å². The van der Waals surface area contributed by atoms with Crippen molar-refractivity contribution in [2.24, 2.45) is 0 Å². The number of benzene rings is 2. The molecule has 0 aliphatic heterocycles. The number of amides is 1. The lowest BCUT2D eigenvalue weighted by molar-refractivity contribution is -0.856. The molecular weight excluding hydrogens is 374 g/mol. The average molecular weight is 401 g/mol. The molecule has 1 N–H and O–H groups in total. The molecule has 1 amide bonds. The number of anilines is 1. The van der Waals surface area contributed by atoms with Gasteiger partial charge in [-0.15, -0.1) is 11.8 Å².